The van der Waals surface area contributed by atoms with E-state index in [-0.39, 0.29) is 0 Å². The van der Waals surface area contributed by atoms with Gasteiger partial charge in [-0.25, -0.2) is 0 Å². The number of likely N-dealkylation sites (tertiary alicyclic amines) is 1. The van der Waals surface area contributed by atoms with Crippen LogP contribution in [0.15, 0.2) is 24.3 Å². The van der Waals surface area contributed by atoms with Gasteiger partial charge >= 0.3 is 0 Å². The molecule has 19 heavy (non-hydrogen) atoms. The van der Waals surface area contributed by atoms with Crippen molar-refractivity contribution in [3.63, 3.8) is 0 Å². The Morgan fingerprint density at radius 2 is 1.89 bits per heavy atom. The van der Waals surface area contributed by atoms with Gasteiger partial charge < -0.3 is 15.4 Å². The highest BCUT2D eigenvalue weighted by Gasteiger charge is 2.18. The largest absolute Gasteiger partial charge is 0.494 e. The minimum Gasteiger partial charge on any atom is -0.494 e. The second kappa shape index (κ2) is 7.51. The molecule has 0 saturated carbocycles. The van der Waals surface area contributed by atoms with E-state index in [4.69, 9.17) is 10.5 Å². The Morgan fingerprint density at radius 3 is 2.47 bits per heavy atom. The summed E-state index contributed by atoms with van der Waals surface area (Å²) in [6.07, 6.45) is 3.79. The number of hydrogen-bond donors (Lipinski definition) is 1. The van der Waals surface area contributed by atoms with Crippen molar-refractivity contribution in [3.05, 3.63) is 29.8 Å². The SMILES string of the molecule is CCOc1ccc(CC2CCN(CCN)CC2)cc1. The van der Waals surface area contributed by atoms with Crippen molar-refractivity contribution in [2.24, 2.45) is 11.7 Å². The summed E-state index contributed by atoms with van der Waals surface area (Å²) >= 11 is 0. The van der Waals surface area contributed by atoms with Crippen molar-refractivity contribution >= 4 is 0 Å². The van der Waals surface area contributed by atoms with Crippen molar-refractivity contribution in [1.82, 2.24) is 4.90 Å². The fraction of sp³-hybridized carbons (Fsp3) is 0.625. The third kappa shape index (κ3) is 4.51. The van der Waals surface area contributed by atoms with E-state index in [0.29, 0.717) is 0 Å². The van der Waals surface area contributed by atoms with E-state index >= 15 is 0 Å². The molecule has 1 aromatic rings. The monoisotopic (exact) mass is 262 g/mol. The number of nitrogens with zero attached hydrogens (tertiary/aromatic N) is 1. The highest BCUT2D eigenvalue weighted by molar-refractivity contribution is 5.27. The molecule has 3 heteroatoms. The number of nitrogens with two attached hydrogens (primary N) is 1. The lowest BCUT2D eigenvalue weighted by Crippen LogP contribution is -2.37. The van der Waals surface area contributed by atoms with Crippen LogP contribution in [0, 0.1) is 5.92 Å². The van der Waals surface area contributed by atoms with Gasteiger partial charge in [-0.15, -0.1) is 0 Å². The Balaban J connectivity index is 1.78. The van der Waals surface area contributed by atoms with Crippen LogP contribution in [-0.4, -0.2) is 37.7 Å². The fourth-order valence-corrected chi connectivity index (χ4v) is 2.82. The van der Waals surface area contributed by atoms with Crippen LogP contribution in [0.25, 0.3) is 0 Å². The fourth-order valence-electron chi connectivity index (χ4n) is 2.82. The molecule has 0 bridgehead atoms. The molecule has 0 aromatic heterocycles. The Kier molecular flexibility index (Phi) is 5.67. The Morgan fingerprint density at radius 1 is 1.21 bits per heavy atom. The number of piperidine rings is 1. The van der Waals surface area contributed by atoms with Crippen LogP contribution in [0.2, 0.25) is 0 Å². The summed E-state index contributed by atoms with van der Waals surface area (Å²) in [5.41, 5.74) is 7.03. The molecule has 1 saturated heterocycles. The number of rotatable bonds is 6. The lowest BCUT2D eigenvalue weighted by Gasteiger charge is -2.31. The Labute approximate surface area is 116 Å². The predicted molar refractivity (Wildman–Crippen MR) is 79.5 cm³/mol. The van der Waals surface area contributed by atoms with E-state index in [1.54, 1.807) is 0 Å². The maximum atomic E-state index is 5.60. The molecule has 1 heterocycles. The summed E-state index contributed by atoms with van der Waals surface area (Å²) in [7, 11) is 0. The highest BCUT2D eigenvalue weighted by atomic mass is 16.5. The molecule has 0 atom stereocenters. The van der Waals surface area contributed by atoms with Crippen LogP contribution in [0.4, 0.5) is 0 Å². The zero-order valence-corrected chi connectivity index (χ0v) is 12.0. The topological polar surface area (TPSA) is 38.5 Å². The quantitative estimate of drug-likeness (QED) is 0.855. The van der Waals surface area contributed by atoms with Crippen LogP contribution < -0.4 is 10.5 Å². The van der Waals surface area contributed by atoms with Gasteiger partial charge in [0.1, 0.15) is 5.75 Å². The van der Waals surface area contributed by atoms with E-state index in [2.05, 4.69) is 29.2 Å². The molecule has 2 N–H and O–H groups in total. The van der Waals surface area contributed by atoms with Gasteiger partial charge in [0.2, 0.25) is 0 Å². The van der Waals surface area contributed by atoms with Crippen LogP contribution in [-0.2, 0) is 6.42 Å². The highest BCUT2D eigenvalue weighted by Crippen LogP contribution is 2.22. The molecule has 1 fully saturated rings. The Bertz CT molecular complexity index is 356. The van der Waals surface area contributed by atoms with Crippen molar-refractivity contribution in [2.45, 2.75) is 26.2 Å². The first-order chi connectivity index (χ1) is 9.31. The van der Waals surface area contributed by atoms with Gasteiger partial charge in [-0.1, -0.05) is 12.1 Å². The third-order valence-corrected chi connectivity index (χ3v) is 3.91. The van der Waals surface area contributed by atoms with E-state index in [1.807, 2.05) is 6.92 Å². The second-order valence-electron chi connectivity index (χ2n) is 5.35. The summed E-state index contributed by atoms with van der Waals surface area (Å²) < 4.78 is 5.47. The molecule has 0 unspecified atom stereocenters. The van der Waals surface area contributed by atoms with Gasteiger partial charge in [0.05, 0.1) is 6.61 Å². The number of hydrogen-bond acceptors (Lipinski definition) is 3. The van der Waals surface area contributed by atoms with Crippen LogP contribution >= 0.6 is 0 Å². The molecule has 0 radical (unpaired) electrons. The first kappa shape index (κ1) is 14.4. The van der Waals surface area contributed by atoms with Crippen molar-refractivity contribution in [1.29, 1.82) is 0 Å². The zero-order valence-electron chi connectivity index (χ0n) is 12.0. The maximum absolute atomic E-state index is 5.60. The third-order valence-electron chi connectivity index (χ3n) is 3.91. The summed E-state index contributed by atoms with van der Waals surface area (Å²) in [6, 6.07) is 8.58. The smallest absolute Gasteiger partial charge is 0.119 e. The summed E-state index contributed by atoms with van der Waals surface area (Å²) in [4.78, 5) is 2.48. The van der Waals surface area contributed by atoms with Crippen LogP contribution in [0.5, 0.6) is 5.75 Å². The molecule has 1 aromatic carbocycles. The molecule has 3 nitrogen and oxygen atoms in total. The standard InChI is InChI=1S/C16H26N2O/c1-2-19-16-5-3-14(4-6-16)13-15-7-10-18(11-8-15)12-9-17/h3-6,15H,2,7-13,17H2,1H3. The van der Waals surface area contributed by atoms with Crippen molar-refractivity contribution in [2.75, 3.05) is 32.8 Å². The lowest BCUT2D eigenvalue weighted by atomic mass is 9.90. The number of benzene rings is 1. The predicted octanol–water partition coefficient (Wildman–Crippen LogP) is 2.30. The molecule has 0 amide bonds. The van der Waals surface area contributed by atoms with Gasteiger partial charge in [0, 0.05) is 13.1 Å². The molecule has 1 aliphatic rings. The molecular formula is C16H26N2O. The minimum atomic E-state index is 0.735. The normalized spacial score (nSPS) is 17.6. The zero-order chi connectivity index (χ0) is 13.5. The molecular weight excluding hydrogens is 236 g/mol. The maximum Gasteiger partial charge on any atom is 0.119 e. The van der Waals surface area contributed by atoms with Crippen LogP contribution in [0.1, 0.15) is 25.3 Å². The van der Waals surface area contributed by atoms with Gasteiger partial charge in [-0.3, -0.25) is 0 Å². The summed E-state index contributed by atoms with van der Waals surface area (Å²) in [6.45, 7) is 7.00. The van der Waals surface area contributed by atoms with E-state index in [0.717, 1.165) is 31.4 Å². The van der Waals surface area contributed by atoms with E-state index in [1.165, 1.54) is 37.9 Å². The van der Waals surface area contributed by atoms with Gasteiger partial charge in [-0.05, 0) is 62.9 Å². The summed E-state index contributed by atoms with van der Waals surface area (Å²) in [5.74, 6) is 1.80. The van der Waals surface area contributed by atoms with Gasteiger partial charge in [-0.2, -0.15) is 0 Å². The first-order valence-electron chi connectivity index (χ1n) is 7.46. The van der Waals surface area contributed by atoms with E-state index in [9.17, 15) is 0 Å². The molecule has 2 rings (SSSR count). The Hall–Kier alpha value is -1.06. The van der Waals surface area contributed by atoms with E-state index < -0.39 is 0 Å². The van der Waals surface area contributed by atoms with Crippen molar-refractivity contribution < 1.29 is 4.74 Å². The van der Waals surface area contributed by atoms with Crippen molar-refractivity contribution in [3.8, 4) is 5.75 Å². The van der Waals surface area contributed by atoms with Gasteiger partial charge in [0.15, 0.2) is 0 Å². The van der Waals surface area contributed by atoms with Gasteiger partial charge in [0.25, 0.3) is 0 Å². The molecule has 106 valence electrons. The lowest BCUT2D eigenvalue weighted by molar-refractivity contribution is 0.188. The molecule has 0 spiro atoms. The number of ether oxygens (including phenoxy) is 1. The second-order valence-corrected chi connectivity index (χ2v) is 5.35. The first-order valence-corrected chi connectivity index (χ1v) is 7.46. The average molecular weight is 262 g/mol. The average Bonchev–Trinajstić information content (AvgIpc) is 2.44. The summed E-state index contributed by atoms with van der Waals surface area (Å²) in [5, 5.41) is 0. The minimum absolute atomic E-state index is 0.735. The molecule has 0 aliphatic carbocycles. The van der Waals surface area contributed by atoms with Crippen LogP contribution in [0.3, 0.4) is 0 Å². The molecule has 1 aliphatic heterocycles.